The predicted octanol–water partition coefficient (Wildman–Crippen LogP) is 3.28. The van der Waals surface area contributed by atoms with Gasteiger partial charge in [-0.25, -0.2) is 13.1 Å². The molecular weight excluding hydrogens is 340 g/mol. The van der Waals surface area contributed by atoms with Gasteiger partial charge in [-0.05, 0) is 49.1 Å². The molecule has 1 aromatic heterocycles. The van der Waals surface area contributed by atoms with E-state index in [0.29, 0.717) is 23.8 Å². The van der Waals surface area contributed by atoms with E-state index >= 15 is 0 Å². The molecule has 0 unspecified atom stereocenters. The number of carbonyl (C=O) groups is 1. The van der Waals surface area contributed by atoms with Crippen LogP contribution in [0.2, 0.25) is 0 Å². The van der Waals surface area contributed by atoms with Crippen LogP contribution < -0.4 is 10.0 Å². The van der Waals surface area contributed by atoms with Crippen LogP contribution in [0.15, 0.2) is 52.0 Å². The Balaban J connectivity index is 1.62. The van der Waals surface area contributed by atoms with Crippen LogP contribution in [0.25, 0.3) is 0 Å². The lowest BCUT2D eigenvalue weighted by atomic mass is 10.0. The molecule has 2 N–H and O–H groups in total. The first-order valence-corrected chi connectivity index (χ1v) is 9.93. The van der Waals surface area contributed by atoms with Gasteiger partial charge in [0.25, 0.3) is 0 Å². The fourth-order valence-corrected chi connectivity index (χ4v) is 4.13. The molecular formula is C18H22N2O4S. The summed E-state index contributed by atoms with van der Waals surface area (Å²) in [6.07, 6.45) is 6.55. The Morgan fingerprint density at radius 1 is 1.16 bits per heavy atom. The van der Waals surface area contributed by atoms with Gasteiger partial charge in [0, 0.05) is 12.1 Å². The second-order valence-electron chi connectivity index (χ2n) is 6.33. The molecule has 1 aliphatic carbocycles. The molecule has 1 saturated carbocycles. The molecule has 1 fully saturated rings. The minimum Gasteiger partial charge on any atom is -0.468 e. The minimum absolute atomic E-state index is 0.0648. The molecule has 0 saturated heterocycles. The Hall–Kier alpha value is -2.12. The molecule has 0 spiro atoms. The van der Waals surface area contributed by atoms with E-state index < -0.39 is 10.0 Å². The van der Waals surface area contributed by atoms with Crippen LogP contribution in [0.3, 0.4) is 0 Å². The van der Waals surface area contributed by atoms with Crippen molar-refractivity contribution in [3.63, 3.8) is 0 Å². The third-order valence-electron chi connectivity index (χ3n) is 4.39. The number of hydrogen-bond acceptors (Lipinski definition) is 4. The standard InChI is InChI=1S/C18H22N2O4S/c21-18(11-14-5-1-2-6-14)20-15-7-3-9-17(12-15)25(22,23)19-13-16-8-4-10-24-16/h3-4,7-10,12,14,19H,1-2,5-6,11,13H2,(H,20,21). The van der Waals surface area contributed by atoms with E-state index in [9.17, 15) is 13.2 Å². The van der Waals surface area contributed by atoms with Crippen molar-refractivity contribution in [1.82, 2.24) is 4.72 Å². The van der Waals surface area contributed by atoms with Crippen LogP contribution in [0.4, 0.5) is 5.69 Å². The first-order valence-electron chi connectivity index (χ1n) is 8.45. The summed E-state index contributed by atoms with van der Waals surface area (Å²) in [5.74, 6) is 0.913. The molecule has 0 bridgehead atoms. The van der Waals surface area contributed by atoms with Crippen molar-refractivity contribution in [2.45, 2.75) is 43.5 Å². The lowest BCUT2D eigenvalue weighted by molar-refractivity contribution is -0.117. The van der Waals surface area contributed by atoms with Crippen LogP contribution in [-0.4, -0.2) is 14.3 Å². The zero-order valence-electron chi connectivity index (χ0n) is 13.9. The molecule has 0 atom stereocenters. The molecule has 3 rings (SSSR count). The summed E-state index contributed by atoms with van der Waals surface area (Å²) in [5.41, 5.74) is 0.490. The Kier molecular flexibility index (Phi) is 5.55. The number of carbonyl (C=O) groups excluding carboxylic acids is 1. The second kappa shape index (κ2) is 7.84. The number of hydrogen-bond donors (Lipinski definition) is 2. The van der Waals surface area contributed by atoms with Gasteiger partial charge in [0.15, 0.2) is 0 Å². The number of anilines is 1. The predicted molar refractivity (Wildman–Crippen MR) is 94.4 cm³/mol. The van der Waals surface area contributed by atoms with E-state index in [2.05, 4.69) is 10.0 Å². The Morgan fingerprint density at radius 2 is 1.96 bits per heavy atom. The number of amides is 1. The Labute approximate surface area is 147 Å². The average molecular weight is 362 g/mol. The number of benzene rings is 1. The van der Waals surface area contributed by atoms with Gasteiger partial charge in [-0.15, -0.1) is 0 Å². The zero-order chi connectivity index (χ0) is 17.7. The molecule has 7 heteroatoms. The maximum atomic E-state index is 12.4. The van der Waals surface area contributed by atoms with Gasteiger partial charge in [-0.3, -0.25) is 4.79 Å². The molecule has 134 valence electrons. The largest absolute Gasteiger partial charge is 0.468 e. The van der Waals surface area contributed by atoms with Gasteiger partial charge in [0.2, 0.25) is 15.9 Å². The number of rotatable bonds is 7. The van der Waals surface area contributed by atoms with Crippen molar-refractivity contribution < 1.29 is 17.6 Å². The third-order valence-corrected chi connectivity index (χ3v) is 5.79. The molecule has 6 nitrogen and oxygen atoms in total. The van der Waals surface area contributed by atoms with Gasteiger partial charge in [-0.1, -0.05) is 18.9 Å². The van der Waals surface area contributed by atoms with Crippen molar-refractivity contribution in [3.05, 3.63) is 48.4 Å². The Bertz CT molecular complexity index is 809. The fourth-order valence-electron chi connectivity index (χ4n) is 3.09. The molecule has 1 amide bonds. The van der Waals surface area contributed by atoms with Crippen LogP contribution >= 0.6 is 0 Å². The molecule has 25 heavy (non-hydrogen) atoms. The quantitative estimate of drug-likeness (QED) is 0.791. The van der Waals surface area contributed by atoms with E-state index in [0.717, 1.165) is 12.8 Å². The number of furan rings is 1. The highest BCUT2D eigenvalue weighted by Crippen LogP contribution is 2.28. The maximum Gasteiger partial charge on any atom is 0.241 e. The number of sulfonamides is 1. The summed E-state index contributed by atoms with van der Waals surface area (Å²) < 4.78 is 32.4. The highest BCUT2D eigenvalue weighted by molar-refractivity contribution is 7.89. The van der Waals surface area contributed by atoms with E-state index in [4.69, 9.17) is 4.42 Å². The van der Waals surface area contributed by atoms with Gasteiger partial charge < -0.3 is 9.73 Å². The van der Waals surface area contributed by atoms with Crippen molar-refractivity contribution in [2.75, 3.05) is 5.32 Å². The highest BCUT2D eigenvalue weighted by Gasteiger charge is 2.19. The van der Waals surface area contributed by atoms with Crippen molar-refractivity contribution in [3.8, 4) is 0 Å². The third kappa shape index (κ3) is 4.93. The molecule has 1 heterocycles. The van der Waals surface area contributed by atoms with Crippen molar-refractivity contribution >= 4 is 21.6 Å². The SMILES string of the molecule is O=C(CC1CCCC1)Nc1cccc(S(=O)(=O)NCc2ccco2)c1. The lowest BCUT2D eigenvalue weighted by Gasteiger charge is -2.11. The van der Waals surface area contributed by atoms with Crippen LogP contribution in [0.1, 0.15) is 37.9 Å². The molecule has 2 aromatic rings. The zero-order valence-corrected chi connectivity index (χ0v) is 14.7. The average Bonchev–Trinajstić information content (AvgIpc) is 3.27. The summed E-state index contributed by atoms with van der Waals surface area (Å²) >= 11 is 0. The molecule has 0 radical (unpaired) electrons. The van der Waals surface area contributed by atoms with Gasteiger partial charge >= 0.3 is 0 Å². The normalized spacial score (nSPS) is 15.4. The van der Waals surface area contributed by atoms with E-state index in [1.54, 1.807) is 24.3 Å². The number of nitrogens with one attached hydrogen (secondary N) is 2. The fraction of sp³-hybridized carbons (Fsp3) is 0.389. The molecule has 0 aliphatic heterocycles. The topological polar surface area (TPSA) is 88.4 Å². The van der Waals surface area contributed by atoms with E-state index in [-0.39, 0.29) is 17.3 Å². The highest BCUT2D eigenvalue weighted by atomic mass is 32.2. The lowest BCUT2D eigenvalue weighted by Crippen LogP contribution is -2.23. The van der Waals surface area contributed by atoms with E-state index in [1.807, 2.05) is 0 Å². The first-order chi connectivity index (χ1) is 12.0. The van der Waals surface area contributed by atoms with Gasteiger partial charge in [-0.2, -0.15) is 0 Å². The monoisotopic (exact) mass is 362 g/mol. The minimum atomic E-state index is -3.68. The van der Waals surface area contributed by atoms with Gasteiger partial charge in [0.05, 0.1) is 17.7 Å². The van der Waals surface area contributed by atoms with Crippen molar-refractivity contribution in [2.24, 2.45) is 5.92 Å². The smallest absolute Gasteiger partial charge is 0.241 e. The summed E-state index contributed by atoms with van der Waals surface area (Å²) in [6.45, 7) is 0.0770. The summed E-state index contributed by atoms with van der Waals surface area (Å²) in [6, 6.07) is 9.67. The summed E-state index contributed by atoms with van der Waals surface area (Å²) in [5, 5.41) is 2.80. The second-order valence-corrected chi connectivity index (χ2v) is 8.10. The first kappa shape index (κ1) is 17.7. The summed E-state index contributed by atoms with van der Waals surface area (Å²) in [7, 11) is -3.68. The van der Waals surface area contributed by atoms with Gasteiger partial charge in [0.1, 0.15) is 5.76 Å². The summed E-state index contributed by atoms with van der Waals surface area (Å²) in [4.78, 5) is 12.2. The van der Waals surface area contributed by atoms with Crippen LogP contribution in [0.5, 0.6) is 0 Å². The van der Waals surface area contributed by atoms with Crippen molar-refractivity contribution in [1.29, 1.82) is 0 Å². The van der Waals surface area contributed by atoms with Crippen LogP contribution in [0, 0.1) is 5.92 Å². The molecule has 1 aliphatic rings. The maximum absolute atomic E-state index is 12.4. The van der Waals surface area contributed by atoms with Crippen LogP contribution in [-0.2, 0) is 21.4 Å². The van der Waals surface area contributed by atoms with E-state index in [1.165, 1.54) is 31.2 Å². The Morgan fingerprint density at radius 3 is 2.68 bits per heavy atom. The molecule has 1 aromatic carbocycles.